The number of hydrogen-bond donors (Lipinski definition) is 2. The van der Waals surface area contributed by atoms with Gasteiger partial charge in [-0.3, -0.25) is 9.59 Å². The van der Waals surface area contributed by atoms with Crippen molar-refractivity contribution in [2.45, 2.75) is 25.0 Å². The van der Waals surface area contributed by atoms with Crippen molar-refractivity contribution >= 4 is 11.6 Å². The number of aliphatic hydroxyl groups is 2. The van der Waals surface area contributed by atoms with E-state index in [0.717, 1.165) is 6.08 Å². The third-order valence-corrected chi connectivity index (χ3v) is 4.93. The first-order valence-electron chi connectivity index (χ1n) is 6.38. The van der Waals surface area contributed by atoms with Crippen LogP contribution in [0.1, 0.15) is 13.8 Å². The summed E-state index contributed by atoms with van der Waals surface area (Å²) in [6, 6.07) is 0. The molecule has 0 heterocycles. The SMILES string of the molecule is CC1(O)C(=O)C2C(F)=CC1[C@H]1[C@@H]2C(F)=CC(=O)[C@]1(C)O. The van der Waals surface area contributed by atoms with E-state index >= 15 is 0 Å². The zero-order valence-electron chi connectivity index (χ0n) is 10.9. The summed E-state index contributed by atoms with van der Waals surface area (Å²) in [4.78, 5) is 23.9. The van der Waals surface area contributed by atoms with Crippen LogP contribution in [-0.4, -0.2) is 33.0 Å². The summed E-state index contributed by atoms with van der Waals surface area (Å²) in [6.07, 6.45) is 1.66. The van der Waals surface area contributed by atoms with E-state index in [0.29, 0.717) is 6.08 Å². The van der Waals surface area contributed by atoms with Crippen LogP contribution in [-0.2, 0) is 9.59 Å². The molecule has 4 rings (SSSR count). The van der Waals surface area contributed by atoms with Gasteiger partial charge in [0.05, 0.1) is 5.92 Å². The van der Waals surface area contributed by atoms with Crippen molar-refractivity contribution in [1.29, 1.82) is 0 Å². The molecule has 6 heteroatoms. The van der Waals surface area contributed by atoms with E-state index in [1.54, 1.807) is 0 Å². The van der Waals surface area contributed by atoms with E-state index in [9.17, 15) is 28.6 Å². The van der Waals surface area contributed by atoms with Gasteiger partial charge in [-0.2, -0.15) is 0 Å². The second kappa shape index (κ2) is 3.62. The van der Waals surface area contributed by atoms with Gasteiger partial charge < -0.3 is 10.2 Å². The summed E-state index contributed by atoms with van der Waals surface area (Å²) in [5.41, 5.74) is -3.85. The molecule has 0 aromatic heterocycles. The Labute approximate surface area is 113 Å². The molecule has 1 saturated carbocycles. The third-order valence-electron chi connectivity index (χ3n) is 4.93. The lowest BCUT2D eigenvalue weighted by Gasteiger charge is -2.55. The van der Waals surface area contributed by atoms with Crippen molar-refractivity contribution in [3.63, 3.8) is 0 Å². The van der Waals surface area contributed by atoms with Crippen molar-refractivity contribution in [1.82, 2.24) is 0 Å². The molecule has 2 bridgehead atoms. The highest BCUT2D eigenvalue weighted by molar-refractivity contribution is 6.01. The summed E-state index contributed by atoms with van der Waals surface area (Å²) >= 11 is 0. The number of hydrogen-bond acceptors (Lipinski definition) is 4. The van der Waals surface area contributed by atoms with Gasteiger partial charge in [0.15, 0.2) is 11.6 Å². The molecule has 1 fully saturated rings. The van der Waals surface area contributed by atoms with Crippen LogP contribution in [0.25, 0.3) is 0 Å². The molecular formula is C14H14F2O4. The molecule has 0 radical (unpaired) electrons. The summed E-state index contributed by atoms with van der Waals surface area (Å²) in [5, 5.41) is 20.6. The van der Waals surface area contributed by atoms with Gasteiger partial charge >= 0.3 is 0 Å². The molecule has 0 saturated heterocycles. The summed E-state index contributed by atoms with van der Waals surface area (Å²) in [5.74, 6) is -8.25. The van der Waals surface area contributed by atoms with Crippen molar-refractivity contribution in [3.8, 4) is 0 Å². The summed E-state index contributed by atoms with van der Waals surface area (Å²) in [6.45, 7) is 2.42. The molecule has 108 valence electrons. The Morgan fingerprint density at radius 2 is 1.70 bits per heavy atom. The van der Waals surface area contributed by atoms with E-state index in [1.807, 2.05) is 0 Å². The number of rotatable bonds is 0. The molecule has 20 heavy (non-hydrogen) atoms. The van der Waals surface area contributed by atoms with Gasteiger partial charge in [0.1, 0.15) is 22.9 Å². The van der Waals surface area contributed by atoms with Crippen molar-refractivity contribution < 1.29 is 28.6 Å². The standard InChI is InChI=1S/C14H14F2O4/c1-13(19)5-3-6(15)10(12(13)18)9-7(16)4-8(17)14(2,20)11(5)9/h3-5,9-11,19-20H,1-2H3/t5?,9-,10?,11+,13?,14+/m1/s1. The highest BCUT2D eigenvalue weighted by Crippen LogP contribution is 2.58. The fourth-order valence-corrected chi connectivity index (χ4v) is 3.82. The Bertz CT molecular complexity index is 588. The van der Waals surface area contributed by atoms with Gasteiger partial charge in [-0.1, -0.05) is 0 Å². The zero-order chi connectivity index (χ0) is 15.0. The van der Waals surface area contributed by atoms with Gasteiger partial charge in [0.2, 0.25) is 0 Å². The highest BCUT2D eigenvalue weighted by atomic mass is 19.1. The Kier molecular flexibility index (Phi) is 2.46. The molecule has 0 aromatic rings. The van der Waals surface area contributed by atoms with Gasteiger partial charge in [-0.25, -0.2) is 8.78 Å². The molecule has 2 N–H and O–H groups in total. The number of carbonyl (C=O) groups is 2. The maximum Gasteiger partial charge on any atom is 0.189 e. The van der Waals surface area contributed by atoms with E-state index in [1.165, 1.54) is 13.8 Å². The molecule has 6 atom stereocenters. The Morgan fingerprint density at radius 3 is 2.30 bits per heavy atom. The first kappa shape index (κ1) is 13.6. The molecule has 3 unspecified atom stereocenters. The van der Waals surface area contributed by atoms with Crippen molar-refractivity contribution in [2.75, 3.05) is 0 Å². The first-order chi connectivity index (χ1) is 9.10. The molecule has 4 aliphatic carbocycles. The smallest absolute Gasteiger partial charge is 0.189 e. The number of carbonyl (C=O) groups excluding carboxylic acids is 2. The Morgan fingerprint density at radius 1 is 1.10 bits per heavy atom. The maximum absolute atomic E-state index is 14.1. The van der Waals surface area contributed by atoms with Crippen LogP contribution in [0.15, 0.2) is 23.8 Å². The van der Waals surface area contributed by atoms with Crippen molar-refractivity contribution in [3.05, 3.63) is 23.8 Å². The lowest BCUT2D eigenvalue weighted by molar-refractivity contribution is -0.180. The monoisotopic (exact) mass is 284 g/mol. The molecule has 4 aliphatic rings. The minimum absolute atomic E-state index is 0.622. The predicted molar refractivity (Wildman–Crippen MR) is 63.6 cm³/mol. The minimum Gasteiger partial charge on any atom is -0.382 e. The third kappa shape index (κ3) is 1.36. The molecular weight excluding hydrogens is 270 g/mol. The van der Waals surface area contributed by atoms with E-state index in [4.69, 9.17) is 0 Å². The Hall–Kier alpha value is -1.40. The van der Waals surface area contributed by atoms with Gasteiger partial charge in [0, 0.05) is 23.8 Å². The van der Waals surface area contributed by atoms with Crippen LogP contribution in [0.4, 0.5) is 8.78 Å². The first-order valence-corrected chi connectivity index (χ1v) is 6.38. The minimum atomic E-state index is -1.94. The number of allylic oxidation sites excluding steroid dienone is 2. The number of halogens is 2. The van der Waals surface area contributed by atoms with Crippen LogP contribution >= 0.6 is 0 Å². The number of ketones is 2. The summed E-state index contributed by atoms with van der Waals surface area (Å²) < 4.78 is 28.0. The largest absolute Gasteiger partial charge is 0.382 e. The van der Waals surface area contributed by atoms with E-state index in [2.05, 4.69) is 0 Å². The average Bonchev–Trinajstić information content (AvgIpc) is 2.32. The number of fused-ring (bicyclic) bond motifs is 1. The second-order valence-corrected chi connectivity index (χ2v) is 6.16. The van der Waals surface area contributed by atoms with Gasteiger partial charge in [-0.05, 0) is 19.9 Å². The van der Waals surface area contributed by atoms with E-state index < -0.39 is 58.1 Å². The molecule has 0 amide bonds. The normalized spacial score (nSPS) is 50.7. The summed E-state index contributed by atoms with van der Waals surface area (Å²) in [7, 11) is 0. The van der Waals surface area contributed by atoms with Crippen LogP contribution in [0.2, 0.25) is 0 Å². The van der Waals surface area contributed by atoms with E-state index in [-0.39, 0.29) is 0 Å². The highest BCUT2D eigenvalue weighted by Gasteiger charge is 2.67. The molecule has 0 spiro atoms. The lowest BCUT2D eigenvalue weighted by atomic mass is 9.49. The lowest BCUT2D eigenvalue weighted by Crippen LogP contribution is -2.67. The predicted octanol–water partition coefficient (Wildman–Crippen LogP) is 0.839. The van der Waals surface area contributed by atoms with Crippen LogP contribution in [0.3, 0.4) is 0 Å². The van der Waals surface area contributed by atoms with Crippen LogP contribution in [0.5, 0.6) is 0 Å². The molecule has 4 nitrogen and oxygen atoms in total. The van der Waals surface area contributed by atoms with Gasteiger partial charge in [0.25, 0.3) is 0 Å². The fourth-order valence-electron chi connectivity index (χ4n) is 3.82. The van der Waals surface area contributed by atoms with Crippen LogP contribution in [0, 0.1) is 23.7 Å². The zero-order valence-corrected chi connectivity index (χ0v) is 10.9. The van der Waals surface area contributed by atoms with Crippen LogP contribution < -0.4 is 0 Å². The van der Waals surface area contributed by atoms with Crippen molar-refractivity contribution in [2.24, 2.45) is 23.7 Å². The molecule has 0 aromatic carbocycles. The quantitative estimate of drug-likeness (QED) is 0.691. The topological polar surface area (TPSA) is 74.6 Å². The Balaban J connectivity index is 2.25. The fraction of sp³-hybridized carbons (Fsp3) is 0.571. The number of Topliss-reactive ketones (excluding diaryl/α,β-unsaturated/α-hetero) is 1. The second-order valence-electron chi connectivity index (χ2n) is 6.16. The molecule has 0 aliphatic heterocycles. The van der Waals surface area contributed by atoms with Gasteiger partial charge in [-0.15, -0.1) is 0 Å². The average molecular weight is 284 g/mol. The maximum atomic E-state index is 14.1.